The van der Waals surface area contributed by atoms with Gasteiger partial charge in [0.1, 0.15) is 5.82 Å². The van der Waals surface area contributed by atoms with Gasteiger partial charge in [0.05, 0.1) is 11.8 Å². The molecular formula is C12H22N4O. The number of nitrogens with zero attached hydrogens (tertiary/aromatic N) is 3. The van der Waals surface area contributed by atoms with Gasteiger partial charge in [0.15, 0.2) is 0 Å². The zero-order valence-corrected chi connectivity index (χ0v) is 10.9. The van der Waals surface area contributed by atoms with Crippen LogP contribution in [0.4, 0.5) is 5.82 Å². The zero-order valence-electron chi connectivity index (χ0n) is 10.9. The van der Waals surface area contributed by atoms with Crippen molar-refractivity contribution in [2.75, 3.05) is 24.6 Å². The molecule has 0 saturated carbocycles. The SMILES string of the molecule is Cc1nn(C)c(N2CCCOC(C)C2)c1CN. The van der Waals surface area contributed by atoms with E-state index in [-0.39, 0.29) is 6.10 Å². The van der Waals surface area contributed by atoms with Gasteiger partial charge in [-0.3, -0.25) is 4.68 Å². The minimum atomic E-state index is 0.262. The molecule has 1 aliphatic rings. The Morgan fingerprint density at radius 1 is 1.53 bits per heavy atom. The second-order valence-corrected chi connectivity index (χ2v) is 4.70. The van der Waals surface area contributed by atoms with Crippen LogP contribution in [0.1, 0.15) is 24.6 Å². The summed E-state index contributed by atoms with van der Waals surface area (Å²) in [6.07, 6.45) is 1.32. The Hall–Kier alpha value is -1.07. The molecule has 2 N–H and O–H groups in total. The van der Waals surface area contributed by atoms with Gasteiger partial charge in [-0.1, -0.05) is 0 Å². The summed E-state index contributed by atoms with van der Waals surface area (Å²) < 4.78 is 7.61. The quantitative estimate of drug-likeness (QED) is 0.828. The van der Waals surface area contributed by atoms with Crippen molar-refractivity contribution in [1.29, 1.82) is 0 Å². The molecule has 2 heterocycles. The molecule has 96 valence electrons. The number of aromatic nitrogens is 2. The molecule has 0 amide bonds. The van der Waals surface area contributed by atoms with Crippen LogP contribution in [-0.4, -0.2) is 35.6 Å². The van der Waals surface area contributed by atoms with Crippen LogP contribution in [0.3, 0.4) is 0 Å². The smallest absolute Gasteiger partial charge is 0.131 e. The lowest BCUT2D eigenvalue weighted by atomic mass is 10.2. The molecule has 2 rings (SSSR count). The fourth-order valence-corrected chi connectivity index (χ4v) is 2.51. The van der Waals surface area contributed by atoms with E-state index < -0.39 is 0 Å². The van der Waals surface area contributed by atoms with Gasteiger partial charge in [-0.15, -0.1) is 0 Å². The molecule has 1 saturated heterocycles. The second kappa shape index (κ2) is 5.06. The van der Waals surface area contributed by atoms with Crippen LogP contribution in [0.5, 0.6) is 0 Å². The highest BCUT2D eigenvalue weighted by Gasteiger charge is 2.22. The van der Waals surface area contributed by atoms with Crippen LogP contribution in [0.15, 0.2) is 0 Å². The van der Waals surface area contributed by atoms with Crippen molar-refractivity contribution in [1.82, 2.24) is 9.78 Å². The fourth-order valence-electron chi connectivity index (χ4n) is 2.51. The lowest BCUT2D eigenvalue weighted by Gasteiger charge is -2.25. The fraction of sp³-hybridized carbons (Fsp3) is 0.750. The monoisotopic (exact) mass is 238 g/mol. The van der Waals surface area contributed by atoms with Crippen LogP contribution in [0.25, 0.3) is 0 Å². The number of anilines is 1. The summed E-state index contributed by atoms with van der Waals surface area (Å²) in [5, 5.41) is 4.47. The van der Waals surface area contributed by atoms with Crippen LogP contribution in [0.2, 0.25) is 0 Å². The first kappa shape index (κ1) is 12.4. The van der Waals surface area contributed by atoms with E-state index in [1.807, 2.05) is 18.7 Å². The van der Waals surface area contributed by atoms with Crippen molar-refractivity contribution in [2.45, 2.75) is 32.9 Å². The molecule has 1 aromatic rings. The molecule has 1 aliphatic heterocycles. The van der Waals surface area contributed by atoms with Crippen molar-refractivity contribution in [2.24, 2.45) is 12.8 Å². The van der Waals surface area contributed by atoms with E-state index >= 15 is 0 Å². The predicted molar refractivity (Wildman–Crippen MR) is 68.1 cm³/mol. The standard InChI is InChI=1S/C12H22N4O/c1-9-8-16(5-4-6-17-9)12-11(7-13)10(2)14-15(12)3/h9H,4-8,13H2,1-3H3. The molecule has 5 heteroatoms. The molecule has 0 aromatic carbocycles. The topological polar surface area (TPSA) is 56.3 Å². The second-order valence-electron chi connectivity index (χ2n) is 4.70. The van der Waals surface area contributed by atoms with Crippen molar-refractivity contribution in [3.63, 3.8) is 0 Å². The van der Waals surface area contributed by atoms with Gasteiger partial charge >= 0.3 is 0 Å². The Balaban J connectivity index is 2.31. The first-order valence-electron chi connectivity index (χ1n) is 6.22. The molecule has 5 nitrogen and oxygen atoms in total. The van der Waals surface area contributed by atoms with E-state index in [0.29, 0.717) is 6.54 Å². The number of nitrogens with two attached hydrogens (primary N) is 1. The molecule has 1 atom stereocenters. The molecule has 0 bridgehead atoms. The van der Waals surface area contributed by atoms with Crippen molar-refractivity contribution >= 4 is 5.82 Å². The van der Waals surface area contributed by atoms with E-state index in [2.05, 4.69) is 16.9 Å². The van der Waals surface area contributed by atoms with Crippen LogP contribution in [0, 0.1) is 6.92 Å². The van der Waals surface area contributed by atoms with E-state index in [1.165, 1.54) is 0 Å². The normalized spacial score (nSPS) is 21.6. The number of hydrogen-bond acceptors (Lipinski definition) is 4. The number of rotatable bonds is 2. The van der Waals surface area contributed by atoms with Crippen molar-refractivity contribution in [3.05, 3.63) is 11.3 Å². The molecule has 0 radical (unpaired) electrons. The maximum atomic E-state index is 5.83. The van der Waals surface area contributed by atoms with Gasteiger partial charge in [0, 0.05) is 38.9 Å². The Morgan fingerprint density at radius 3 is 3.00 bits per heavy atom. The minimum absolute atomic E-state index is 0.262. The van der Waals surface area contributed by atoms with Crippen LogP contribution >= 0.6 is 0 Å². The summed E-state index contributed by atoms with van der Waals surface area (Å²) in [6, 6.07) is 0. The molecule has 0 aliphatic carbocycles. The van der Waals surface area contributed by atoms with E-state index in [0.717, 1.165) is 43.2 Å². The summed E-state index contributed by atoms with van der Waals surface area (Å²) in [6.45, 7) is 7.43. The Kier molecular flexibility index (Phi) is 3.69. The first-order valence-corrected chi connectivity index (χ1v) is 6.22. The van der Waals surface area contributed by atoms with E-state index in [9.17, 15) is 0 Å². The third-order valence-corrected chi connectivity index (χ3v) is 3.27. The van der Waals surface area contributed by atoms with Crippen LogP contribution in [-0.2, 0) is 18.3 Å². The number of hydrogen-bond donors (Lipinski definition) is 1. The highest BCUT2D eigenvalue weighted by Crippen LogP contribution is 2.24. The molecule has 1 aromatic heterocycles. The summed E-state index contributed by atoms with van der Waals surface area (Å²) in [5.74, 6) is 1.15. The molecule has 1 fully saturated rings. The molecule has 17 heavy (non-hydrogen) atoms. The van der Waals surface area contributed by atoms with E-state index in [4.69, 9.17) is 10.5 Å². The number of aryl methyl sites for hydroxylation is 2. The first-order chi connectivity index (χ1) is 8.13. The summed E-state index contributed by atoms with van der Waals surface area (Å²) in [5.41, 5.74) is 8.02. The van der Waals surface area contributed by atoms with Gasteiger partial charge < -0.3 is 15.4 Å². The Labute approximate surface area is 103 Å². The van der Waals surface area contributed by atoms with Gasteiger partial charge in [0.25, 0.3) is 0 Å². The van der Waals surface area contributed by atoms with Gasteiger partial charge in [-0.25, -0.2) is 0 Å². The third-order valence-electron chi connectivity index (χ3n) is 3.27. The van der Waals surface area contributed by atoms with Gasteiger partial charge in [-0.05, 0) is 20.3 Å². The molecule has 1 unspecified atom stereocenters. The zero-order chi connectivity index (χ0) is 12.4. The molecular weight excluding hydrogens is 216 g/mol. The summed E-state index contributed by atoms with van der Waals surface area (Å²) >= 11 is 0. The Morgan fingerprint density at radius 2 is 2.29 bits per heavy atom. The Bertz CT molecular complexity index is 388. The van der Waals surface area contributed by atoms with Crippen molar-refractivity contribution in [3.8, 4) is 0 Å². The lowest BCUT2D eigenvalue weighted by Crippen LogP contribution is -2.32. The summed E-state index contributed by atoms with van der Waals surface area (Å²) in [7, 11) is 1.98. The third kappa shape index (κ3) is 2.45. The highest BCUT2D eigenvalue weighted by molar-refractivity contribution is 5.50. The number of ether oxygens (including phenoxy) is 1. The highest BCUT2D eigenvalue weighted by atomic mass is 16.5. The maximum Gasteiger partial charge on any atom is 0.131 e. The lowest BCUT2D eigenvalue weighted by molar-refractivity contribution is 0.0820. The summed E-state index contributed by atoms with van der Waals surface area (Å²) in [4.78, 5) is 2.35. The van der Waals surface area contributed by atoms with Gasteiger partial charge in [0.2, 0.25) is 0 Å². The largest absolute Gasteiger partial charge is 0.377 e. The minimum Gasteiger partial charge on any atom is -0.377 e. The van der Waals surface area contributed by atoms with Gasteiger partial charge in [-0.2, -0.15) is 5.10 Å². The average Bonchev–Trinajstić information content (AvgIpc) is 2.46. The molecule has 0 spiro atoms. The average molecular weight is 238 g/mol. The predicted octanol–water partition coefficient (Wildman–Crippen LogP) is 0.802. The maximum absolute atomic E-state index is 5.83. The van der Waals surface area contributed by atoms with Crippen LogP contribution < -0.4 is 10.6 Å². The van der Waals surface area contributed by atoms with Crippen molar-refractivity contribution < 1.29 is 4.74 Å². The van der Waals surface area contributed by atoms with E-state index in [1.54, 1.807) is 0 Å².